The van der Waals surface area contributed by atoms with Crippen LogP contribution in [-0.4, -0.2) is 10.2 Å². The van der Waals surface area contributed by atoms with E-state index in [1.54, 1.807) is 12.3 Å². The monoisotopic (exact) mass is 269 g/mol. The van der Waals surface area contributed by atoms with Crippen molar-refractivity contribution in [2.75, 3.05) is 5.32 Å². The number of nitrogens with zero attached hydrogens (tertiary/aromatic N) is 1. The Hall–Kier alpha value is -1.36. The number of aromatic nitrogens is 2. The molecule has 2 aromatic rings. The second-order valence-corrected chi connectivity index (χ2v) is 3.91. The Kier molecular flexibility index (Phi) is 3.01. The minimum absolute atomic E-state index is 0.259. The average Bonchev–Trinajstić information content (AvgIpc) is 2.72. The number of nitrogens with one attached hydrogen (secondary N) is 2. The highest BCUT2D eigenvalue weighted by molar-refractivity contribution is 9.10. The van der Waals surface area contributed by atoms with Gasteiger partial charge < -0.3 is 5.32 Å². The van der Waals surface area contributed by atoms with E-state index in [0.717, 1.165) is 15.9 Å². The lowest BCUT2D eigenvalue weighted by atomic mass is 10.3. The van der Waals surface area contributed by atoms with E-state index in [0.29, 0.717) is 6.54 Å². The Labute approximate surface area is 94.8 Å². The van der Waals surface area contributed by atoms with Crippen molar-refractivity contribution < 1.29 is 4.39 Å². The first-order valence-electron chi connectivity index (χ1n) is 4.43. The van der Waals surface area contributed by atoms with Gasteiger partial charge in [-0.15, -0.1) is 0 Å². The lowest BCUT2D eigenvalue weighted by Gasteiger charge is -2.06. The van der Waals surface area contributed by atoms with Crippen LogP contribution >= 0.6 is 15.9 Å². The molecule has 0 saturated heterocycles. The molecule has 0 aliphatic rings. The molecule has 0 aliphatic carbocycles. The van der Waals surface area contributed by atoms with Crippen molar-refractivity contribution in [2.24, 2.45) is 0 Å². The molecule has 1 heterocycles. The van der Waals surface area contributed by atoms with Gasteiger partial charge in [0.25, 0.3) is 0 Å². The summed E-state index contributed by atoms with van der Waals surface area (Å²) in [6.45, 7) is 0.585. The third kappa shape index (κ3) is 2.56. The first kappa shape index (κ1) is 10.2. The number of H-pyrrole nitrogens is 1. The standard InChI is InChI=1S/C10H9BrFN3/c11-9-2-1-7(12)5-10(9)13-6-8-3-4-14-15-8/h1-5,13H,6H2,(H,14,15). The highest BCUT2D eigenvalue weighted by atomic mass is 79.9. The SMILES string of the molecule is Fc1ccc(Br)c(NCc2ccn[nH]2)c1. The predicted octanol–water partition coefficient (Wildman–Crippen LogP) is 2.92. The van der Waals surface area contributed by atoms with Crippen molar-refractivity contribution in [1.82, 2.24) is 10.2 Å². The third-order valence-corrected chi connectivity index (χ3v) is 2.65. The number of hydrogen-bond acceptors (Lipinski definition) is 2. The summed E-state index contributed by atoms with van der Waals surface area (Å²) in [6, 6.07) is 6.39. The van der Waals surface area contributed by atoms with Crippen LogP contribution in [0.15, 0.2) is 34.9 Å². The van der Waals surface area contributed by atoms with Gasteiger partial charge in [-0.3, -0.25) is 5.10 Å². The molecule has 78 valence electrons. The zero-order valence-corrected chi connectivity index (χ0v) is 9.38. The molecule has 3 nitrogen and oxygen atoms in total. The number of benzene rings is 1. The summed E-state index contributed by atoms with van der Waals surface area (Å²) >= 11 is 3.34. The first-order chi connectivity index (χ1) is 7.25. The molecule has 2 rings (SSSR count). The summed E-state index contributed by atoms with van der Waals surface area (Å²) in [5.74, 6) is -0.259. The third-order valence-electron chi connectivity index (χ3n) is 1.96. The van der Waals surface area contributed by atoms with Crippen LogP contribution in [0.25, 0.3) is 0 Å². The lowest BCUT2D eigenvalue weighted by Crippen LogP contribution is -2.00. The molecule has 0 spiro atoms. The Morgan fingerprint density at radius 1 is 1.40 bits per heavy atom. The molecule has 15 heavy (non-hydrogen) atoms. The van der Waals surface area contributed by atoms with Crippen molar-refractivity contribution >= 4 is 21.6 Å². The number of aromatic amines is 1. The molecular formula is C10H9BrFN3. The molecule has 0 amide bonds. The van der Waals surface area contributed by atoms with E-state index >= 15 is 0 Å². The maximum atomic E-state index is 12.9. The fourth-order valence-corrected chi connectivity index (χ4v) is 1.59. The van der Waals surface area contributed by atoms with Crippen LogP contribution in [0.1, 0.15) is 5.69 Å². The summed E-state index contributed by atoms with van der Waals surface area (Å²) in [7, 11) is 0. The zero-order chi connectivity index (χ0) is 10.7. The van der Waals surface area contributed by atoms with Gasteiger partial charge in [0.15, 0.2) is 0 Å². The topological polar surface area (TPSA) is 40.7 Å². The van der Waals surface area contributed by atoms with Crippen LogP contribution in [0.3, 0.4) is 0 Å². The van der Waals surface area contributed by atoms with Crippen LogP contribution in [0.5, 0.6) is 0 Å². The van der Waals surface area contributed by atoms with Gasteiger partial charge in [0.1, 0.15) is 5.82 Å². The molecule has 0 bridgehead atoms. The highest BCUT2D eigenvalue weighted by Gasteiger charge is 2.01. The van der Waals surface area contributed by atoms with Gasteiger partial charge in [-0.25, -0.2) is 4.39 Å². The van der Waals surface area contributed by atoms with Crippen molar-refractivity contribution in [3.05, 3.63) is 46.4 Å². The fraction of sp³-hybridized carbons (Fsp3) is 0.100. The summed E-state index contributed by atoms with van der Waals surface area (Å²) in [5, 5.41) is 9.74. The molecule has 0 unspecified atom stereocenters. The highest BCUT2D eigenvalue weighted by Crippen LogP contribution is 2.23. The molecule has 5 heteroatoms. The zero-order valence-electron chi connectivity index (χ0n) is 7.80. The normalized spacial score (nSPS) is 10.3. The van der Waals surface area contributed by atoms with Crippen LogP contribution in [-0.2, 0) is 6.54 Å². The Balaban J connectivity index is 2.07. The molecule has 2 N–H and O–H groups in total. The molecule has 0 radical (unpaired) electrons. The Morgan fingerprint density at radius 3 is 3.00 bits per heavy atom. The average molecular weight is 270 g/mol. The van der Waals surface area contributed by atoms with E-state index in [2.05, 4.69) is 31.4 Å². The number of anilines is 1. The molecule has 0 saturated carbocycles. The molecule has 0 fully saturated rings. The summed E-state index contributed by atoms with van der Waals surface area (Å²) in [4.78, 5) is 0. The molecular weight excluding hydrogens is 261 g/mol. The van der Waals surface area contributed by atoms with Crippen LogP contribution in [0, 0.1) is 5.82 Å². The van der Waals surface area contributed by atoms with E-state index in [4.69, 9.17) is 0 Å². The fourth-order valence-electron chi connectivity index (χ4n) is 1.21. The van der Waals surface area contributed by atoms with Gasteiger partial charge in [-0.05, 0) is 40.2 Å². The van der Waals surface area contributed by atoms with E-state index in [1.165, 1.54) is 12.1 Å². The second kappa shape index (κ2) is 4.44. The van der Waals surface area contributed by atoms with Gasteiger partial charge in [-0.1, -0.05) is 0 Å². The van der Waals surface area contributed by atoms with E-state index in [9.17, 15) is 4.39 Å². The van der Waals surface area contributed by atoms with Crippen molar-refractivity contribution in [1.29, 1.82) is 0 Å². The van der Waals surface area contributed by atoms with Gasteiger partial charge in [0.05, 0.1) is 17.9 Å². The summed E-state index contributed by atoms with van der Waals surface area (Å²) < 4.78 is 13.8. The Morgan fingerprint density at radius 2 is 2.27 bits per heavy atom. The molecule has 1 aromatic carbocycles. The molecule has 0 aliphatic heterocycles. The van der Waals surface area contributed by atoms with Gasteiger partial charge in [-0.2, -0.15) is 5.10 Å². The smallest absolute Gasteiger partial charge is 0.125 e. The van der Waals surface area contributed by atoms with Gasteiger partial charge in [0, 0.05) is 10.7 Å². The van der Waals surface area contributed by atoms with E-state index in [-0.39, 0.29) is 5.82 Å². The van der Waals surface area contributed by atoms with Crippen molar-refractivity contribution in [2.45, 2.75) is 6.54 Å². The Bertz CT molecular complexity index is 442. The van der Waals surface area contributed by atoms with E-state index < -0.39 is 0 Å². The lowest BCUT2D eigenvalue weighted by molar-refractivity contribution is 0.628. The number of hydrogen-bond donors (Lipinski definition) is 2. The number of halogens is 2. The second-order valence-electron chi connectivity index (χ2n) is 3.06. The minimum Gasteiger partial charge on any atom is -0.378 e. The maximum Gasteiger partial charge on any atom is 0.125 e. The summed E-state index contributed by atoms with van der Waals surface area (Å²) in [5.41, 5.74) is 1.68. The van der Waals surface area contributed by atoms with Crippen molar-refractivity contribution in [3.63, 3.8) is 0 Å². The van der Waals surface area contributed by atoms with Gasteiger partial charge in [0.2, 0.25) is 0 Å². The number of rotatable bonds is 3. The minimum atomic E-state index is -0.259. The van der Waals surface area contributed by atoms with E-state index in [1.807, 2.05) is 6.07 Å². The quantitative estimate of drug-likeness (QED) is 0.900. The molecule has 0 atom stereocenters. The summed E-state index contributed by atoms with van der Waals surface area (Å²) in [6.07, 6.45) is 1.68. The maximum absolute atomic E-state index is 12.9. The van der Waals surface area contributed by atoms with Crippen LogP contribution in [0.2, 0.25) is 0 Å². The van der Waals surface area contributed by atoms with Crippen LogP contribution < -0.4 is 5.32 Å². The molecule has 1 aromatic heterocycles. The van der Waals surface area contributed by atoms with Gasteiger partial charge >= 0.3 is 0 Å². The largest absolute Gasteiger partial charge is 0.378 e. The first-order valence-corrected chi connectivity index (χ1v) is 5.22. The predicted molar refractivity (Wildman–Crippen MR) is 60.0 cm³/mol. The van der Waals surface area contributed by atoms with Crippen molar-refractivity contribution in [3.8, 4) is 0 Å². The van der Waals surface area contributed by atoms with Crippen LogP contribution in [0.4, 0.5) is 10.1 Å².